The maximum atomic E-state index is 5.99. The van der Waals surface area contributed by atoms with Crippen LogP contribution in [-0.4, -0.2) is 5.16 Å². The number of benzene rings is 1. The van der Waals surface area contributed by atoms with Crippen molar-refractivity contribution in [2.75, 3.05) is 5.73 Å². The van der Waals surface area contributed by atoms with Crippen molar-refractivity contribution in [2.45, 2.75) is 6.42 Å². The summed E-state index contributed by atoms with van der Waals surface area (Å²) < 4.78 is 4.99. The molecule has 0 unspecified atom stereocenters. The standard InChI is InChI=1S/C10H9ClN2O/c11-8-4-2-1-3-7(8)5-10-9(12)6-13-14-10/h1-4,6H,5,12H2. The Hall–Kier alpha value is -1.48. The zero-order valence-corrected chi connectivity index (χ0v) is 8.16. The van der Waals surface area contributed by atoms with E-state index in [1.807, 2.05) is 24.3 Å². The summed E-state index contributed by atoms with van der Waals surface area (Å²) in [6, 6.07) is 7.58. The van der Waals surface area contributed by atoms with Gasteiger partial charge in [0.1, 0.15) is 0 Å². The highest BCUT2D eigenvalue weighted by atomic mass is 35.5. The minimum Gasteiger partial charge on any atom is -0.395 e. The first-order valence-corrected chi connectivity index (χ1v) is 4.57. The van der Waals surface area contributed by atoms with Gasteiger partial charge in [0.15, 0.2) is 5.76 Å². The molecule has 0 radical (unpaired) electrons. The second-order valence-electron chi connectivity index (χ2n) is 2.97. The van der Waals surface area contributed by atoms with Crippen molar-refractivity contribution in [3.05, 3.63) is 46.8 Å². The Morgan fingerprint density at radius 2 is 2.14 bits per heavy atom. The van der Waals surface area contributed by atoms with E-state index in [9.17, 15) is 0 Å². The van der Waals surface area contributed by atoms with Crippen molar-refractivity contribution < 1.29 is 4.52 Å². The van der Waals surface area contributed by atoms with Crippen LogP contribution in [0.25, 0.3) is 0 Å². The molecule has 2 N–H and O–H groups in total. The third kappa shape index (κ3) is 1.72. The van der Waals surface area contributed by atoms with Gasteiger partial charge in [-0.05, 0) is 11.6 Å². The van der Waals surface area contributed by atoms with Gasteiger partial charge in [-0.3, -0.25) is 0 Å². The lowest BCUT2D eigenvalue weighted by atomic mass is 10.1. The zero-order chi connectivity index (χ0) is 9.97. The van der Waals surface area contributed by atoms with Gasteiger partial charge < -0.3 is 10.3 Å². The average molecular weight is 209 g/mol. The Balaban J connectivity index is 2.28. The van der Waals surface area contributed by atoms with Crippen molar-refractivity contribution in [2.24, 2.45) is 0 Å². The smallest absolute Gasteiger partial charge is 0.163 e. The number of rotatable bonds is 2. The van der Waals surface area contributed by atoms with E-state index < -0.39 is 0 Å². The van der Waals surface area contributed by atoms with Crippen LogP contribution in [0.3, 0.4) is 0 Å². The van der Waals surface area contributed by atoms with Crippen molar-refractivity contribution in [3.63, 3.8) is 0 Å². The third-order valence-corrected chi connectivity index (χ3v) is 2.35. The summed E-state index contributed by atoms with van der Waals surface area (Å²) in [5.41, 5.74) is 7.18. The molecule has 0 saturated carbocycles. The quantitative estimate of drug-likeness (QED) is 0.825. The van der Waals surface area contributed by atoms with E-state index in [0.717, 1.165) is 5.56 Å². The van der Waals surface area contributed by atoms with Crippen LogP contribution < -0.4 is 5.73 Å². The summed E-state index contributed by atoms with van der Waals surface area (Å²) >= 11 is 5.99. The van der Waals surface area contributed by atoms with Crippen molar-refractivity contribution in [1.82, 2.24) is 5.16 Å². The fourth-order valence-electron chi connectivity index (χ4n) is 1.22. The molecule has 4 heteroatoms. The molecule has 1 aromatic carbocycles. The van der Waals surface area contributed by atoms with Gasteiger partial charge in [0, 0.05) is 11.4 Å². The minimum atomic E-state index is 0.560. The van der Waals surface area contributed by atoms with E-state index in [-0.39, 0.29) is 0 Å². The van der Waals surface area contributed by atoms with E-state index in [2.05, 4.69) is 5.16 Å². The Bertz CT molecular complexity index is 439. The van der Waals surface area contributed by atoms with Gasteiger partial charge in [-0.1, -0.05) is 35.0 Å². The van der Waals surface area contributed by atoms with E-state index in [1.165, 1.54) is 6.20 Å². The molecule has 0 saturated heterocycles. The minimum absolute atomic E-state index is 0.560. The molecule has 72 valence electrons. The Labute approximate surface area is 86.5 Å². The number of anilines is 1. The van der Waals surface area contributed by atoms with Crippen LogP contribution in [0.4, 0.5) is 5.69 Å². The molecule has 3 nitrogen and oxygen atoms in total. The molecule has 1 heterocycles. The van der Waals surface area contributed by atoms with Crippen LogP contribution in [0, 0.1) is 0 Å². The van der Waals surface area contributed by atoms with Gasteiger partial charge in [0.2, 0.25) is 0 Å². The molecule has 2 rings (SSSR count). The summed E-state index contributed by atoms with van der Waals surface area (Å²) in [5, 5.41) is 4.32. The monoisotopic (exact) mass is 208 g/mol. The molecule has 0 bridgehead atoms. The maximum Gasteiger partial charge on any atom is 0.163 e. The van der Waals surface area contributed by atoms with E-state index in [4.69, 9.17) is 21.9 Å². The van der Waals surface area contributed by atoms with Gasteiger partial charge in [0.05, 0.1) is 11.9 Å². The first-order chi connectivity index (χ1) is 6.77. The lowest BCUT2D eigenvalue weighted by Gasteiger charge is -2.00. The van der Waals surface area contributed by atoms with Gasteiger partial charge >= 0.3 is 0 Å². The lowest BCUT2D eigenvalue weighted by Crippen LogP contribution is -1.92. The number of hydrogen-bond acceptors (Lipinski definition) is 3. The molecule has 0 spiro atoms. The van der Waals surface area contributed by atoms with Gasteiger partial charge in [0.25, 0.3) is 0 Å². The van der Waals surface area contributed by atoms with Crippen molar-refractivity contribution in [3.8, 4) is 0 Å². The zero-order valence-electron chi connectivity index (χ0n) is 7.40. The molecule has 0 amide bonds. The first-order valence-electron chi connectivity index (χ1n) is 4.20. The average Bonchev–Trinajstić information content (AvgIpc) is 2.56. The highest BCUT2D eigenvalue weighted by Gasteiger charge is 2.07. The number of nitrogen functional groups attached to an aromatic ring is 1. The normalized spacial score (nSPS) is 10.4. The largest absolute Gasteiger partial charge is 0.395 e. The fourth-order valence-corrected chi connectivity index (χ4v) is 1.42. The van der Waals surface area contributed by atoms with Crippen LogP contribution in [-0.2, 0) is 6.42 Å². The molecule has 0 aliphatic heterocycles. The van der Waals surface area contributed by atoms with Crippen LogP contribution in [0.1, 0.15) is 11.3 Å². The molecule has 1 aromatic heterocycles. The predicted molar refractivity (Wildman–Crippen MR) is 55.2 cm³/mol. The maximum absolute atomic E-state index is 5.99. The van der Waals surface area contributed by atoms with Gasteiger partial charge in [-0.15, -0.1) is 0 Å². The molecular formula is C10H9ClN2O. The Kier molecular flexibility index (Phi) is 2.41. The number of nitrogens with zero attached hydrogens (tertiary/aromatic N) is 1. The molecule has 2 aromatic rings. The Morgan fingerprint density at radius 1 is 1.36 bits per heavy atom. The predicted octanol–water partition coefficient (Wildman–Crippen LogP) is 2.50. The van der Waals surface area contributed by atoms with Crippen LogP contribution in [0.15, 0.2) is 35.0 Å². The summed E-state index contributed by atoms with van der Waals surface area (Å²) in [5.74, 6) is 0.651. The van der Waals surface area contributed by atoms with Crippen molar-refractivity contribution in [1.29, 1.82) is 0 Å². The molecule has 0 atom stereocenters. The van der Waals surface area contributed by atoms with E-state index >= 15 is 0 Å². The van der Waals surface area contributed by atoms with Crippen LogP contribution in [0.5, 0.6) is 0 Å². The molecule has 14 heavy (non-hydrogen) atoms. The number of nitrogens with two attached hydrogens (primary N) is 1. The van der Waals surface area contributed by atoms with Crippen LogP contribution >= 0.6 is 11.6 Å². The summed E-state index contributed by atoms with van der Waals surface area (Å²) in [6.07, 6.45) is 2.07. The van der Waals surface area contributed by atoms with E-state index in [1.54, 1.807) is 0 Å². The summed E-state index contributed by atoms with van der Waals surface area (Å²) in [4.78, 5) is 0. The number of halogens is 1. The van der Waals surface area contributed by atoms with Crippen molar-refractivity contribution >= 4 is 17.3 Å². The fraction of sp³-hybridized carbons (Fsp3) is 0.100. The first kappa shape index (κ1) is 9.09. The van der Waals surface area contributed by atoms with Gasteiger partial charge in [-0.25, -0.2) is 0 Å². The Morgan fingerprint density at radius 3 is 2.79 bits per heavy atom. The summed E-state index contributed by atoms with van der Waals surface area (Å²) in [6.45, 7) is 0. The topological polar surface area (TPSA) is 52.0 Å². The molecule has 0 aliphatic rings. The van der Waals surface area contributed by atoms with E-state index in [0.29, 0.717) is 22.9 Å². The lowest BCUT2D eigenvalue weighted by molar-refractivity contribution is 0.390. The third-order valence-electron chi connectivity index (χ3n) is 1.99. The number of hydrogen-bond donors (Lipinski definition) is 1. The second-order valence-corrected chi connectivity index (χ2v) is 3.38. The van der Waals surface area contributed by atoms with Gasteiger partial charge in [-0.2, -0.15) is 0 Å². The highest BCUT2D eigenvalue weighted by Crippen LogP contribution is 2.21. The number of aromatic nitrogens is 1. The molecule has 0 fully saturated rings. The molecular weight excluding hydrogens is 200 g/mol. The van der Waals surface area contributed by atoms with Crippen LogP contribution in [0.2, 0.25) is 5.02 Å². The second kappa shape index (κ2) is 3.72. The molecule has 0 aliphatic carbocycles. The SMILES string of the molecule is Nc1cnoc1Cc1ccccc1Cl. The highest BCUT2D eigenvalue weighted by molar-refractivity contribution is 6.31. The summed E-state index contributed by atoms with van der Waals surface area (Å²) in [7, 11) is 0.